The summed E-state index contributed by atoms with van der Waals surface area (Å²) in [5.41, 5.74) is 0.487. The van der Waals surface area contributed by atoms with E-state index < -0.39 is 0 Å². The van der Waals surface area contributed by atoms with Crippen LogP contribution in [0, 0.1) is 0 Å². The SMILES string of the molecule is CC(C(=O)N1CCCC1)n1cc(CO)nn1. The van der Waals surface area contributed by atoms with Gasteiger partial charge in [-0.3, -0.25) is 4.79 Å². The lowest BCUT2D eigenvalue weighted by Gasteiger charge is -2.19. The number of amides is 1. The molecule has 1 saturated heterocycles. The van der Waals surface area contributed by atoms with Crippen LogP contribution in [0.2, 0.25) is 0 Å². The van der Waals surface area contributed by atoms with Crippen molar-refractivity contribution in [2.45, 2.75) is 32.4 Å². The van der Waals surface area contributed by atoms with Crippen molar-refractivity contribution in [2.24, 2.45) is 0 Å². The molecule has 1 amide bonds. The second-order valence-corrected chi connectivity index (χ2v) is 4.06. The molecule has 2 heterocycles. The molecule has 1 N–H and O–H groups in total. The van der Waals surface area contributed by atoms with Gasteiger partial charge in [-0.1, -0.05) is 5.21 Å². The number of nitrogens with zero attached hydrogens (tertiary/aromatic N) is 4. The quantitative estimate of drug-likeness (QED) is 0.781. The van der Waals surface area contributed by atoms with Gasteiger partial charge in [-0.05, 0) is 19.8 Å². The van der Waals surface area contributed by atoms with Crippen LogP contribution in [0.1, 0.15) is 31.5 Å². The number of carbonyl (C=O) groups excluding carboxylic acids is 1. The van der Waals surface area contributed by atoms with Crippen LogP contribution in [0.3, 0.4) is 0 Å². The molecule has 0 bridgehead atoms. The van der Waals surface area contributed by atoms with Gasteiger partial charge in [0.1, 0.15) is 11.7 Å². The van der Waals surface area contributed by atoms with Crippen LogP contribution in [-0.4, -0.2) is 44.0 Å². The summed E-state index contributed by atoms with van der Waals surface area (Å²) in [6.07, 6.45) is 3.77. The molecule has 1 aliphatic heterocycles. The van der Waals surface area contributed by atoms with Crippen LogP contribution < -0.4 is 0 Å². The molecule has 1 aromatic rings. The summed E-state index contributed by atoms with van der Waals surface area (Å²) in [7, 11) is 0. The van der Waals surface area contributed by atoms with E-state index in [2.05, 4.69) is 10.3 Å². The summed E-state index contributed by atoms with van der Waals surface area (Å²) in [6.45, 7) is 3.33. The van der Waals surface area contributed by atoms with E-state index in [1.807, 2.05) is 4.90 Å². The monoisotopic (exact) mass is 224 g/mol. The third-order valence-corrected chi connectivity index (χ3v) is 2.89. The fourth-order valence-corrected chi connectivity index (χ4v) is 1.89. The van der Waals surface area contributed by atoms with Crippen molar-refractivity contribution in [3.63, 3.8) is 0 Å². The van der Waals surface area contributed by atoms with Gasteiger partial charge in [-0.15, -0.1) is 5.10 Å². The minimum absolute atomic E-state index is 0.0758. The van der Waals surface area contributed by atoms with Crippen LogP contribution in [-0.2, 0) is 11.4 Å². The van der Waals surface area contributed by atoms with Crippen LogP contribution in [0.4, 0.5) is 0 Å². The average Bonchev–Trinajstić information content (AvgIpc) is 2.97. The molecule has 16 heavy (non-hydrogen) atoms. The number of aromatic nitrogens is 3. The minimum Gasteiger partial charge on any atom is -0.390 e. The normalized spacial score (nSPS) is 17.8. The molecule has 2 rings (SSSR count). The number of hydrogen-bond donors (Lipinski definition) is 1. The maximum atomic E-state index is 12.0. The van der Waals surface area contributed by atoms with Crippen molar-refractivity contribution < 1.29 is 9.90 Å². The fraction of sp³-hybridized carbons (Fsp3) is 0.700. The van der Waals surface area contributed by atoms with Gasteiger partial charge in [0.05, 0.1) is 12.8 Å². The Morgan fingerprint density at radius 1 is 1.56 bits per heavy atom. The number of hydrogen-bond acceptors (Lipinski definition) is 4. The van der Waals surface area contributed by atoms with Crippen molar-refractivity contribution in [2.75, 3.05) is 13.1 Å². The maximum Gasteiger partial charge on any atom is 0.247 e. The van der Waals surface area contributed by atoms with Crippen molar-refractivity contribution in [1.82, 2.24) is 19.9 Å². The molecule has 6 heteroatoms. The lowest BCUT2D eigenvalue weighted by atomic mass is 10.3. The largest absolute Gasteiger partial charge is 0.390 e. The van der Waals surface area contributed by atoms with Gasteiger partial charge in [0.2, 0.25) is 5.91 Å². The predicted molar refractivity (Wildman–Crippen MR) is 56.5 cm³/mol. The highest BCUT2D eigenvalue weighted by Gasteiger charge is 2.25. The molecular formula is C10H16N4O2. The second kappa shape index (κ2) is 4.61. The molecule has 0 spiro atoms. The first-order valence-corrected chi connectivity index (χ1v) is 5.52. The van der Waals surface area contributed by atoms with E-state index >= 15 is 0 Å². The zero-order valence-electron chi connectivity index (χ0n) is 9.33. The van der Waals surface area contributed by atoms with E-state index in [1.165, 1.54) is 4.68 Å². The fourth-order valence-electron chi connectivity index (χ4n) is 1.89. The van der Waals surface area contributed by atoms with Gasteiger partial charge in [-0.2, -0.15) is 0 Å². The molecule has 6 nitrogen and oxygen atoms in total. The summed E-state index contributed by atoms with van der Waals surface area (Å²) in [5, 5.41) is 16.5. The maximum absolute atomic E-state index is 12.0. The van der Waals surface area contributed by atoms with E-state index in [0.29, 0.717) is 5.69 Å². The van der Waals surface area contributed by atoms with Crippen LogP contribution in [0.25, 0.3) is 0 Å². The molecule has 88 valence electrons. The highest BCUT2D eigenvalue weighted by molar-refractivity contribution is 5.80. The lowest BCUT2D eigenvalue weighted by molar-refractivity contribution is -0.133. The van der Waals surface area contributed by atoms with Gasteiger partial charge in [0.25, 0.3) is 0 Å². The lowest BCUT2D eigenvalue weighted by Crippen LogP contribution is -2.34. The number of aliphatic hydroxyl groups excluding tert-OH is 1. The third kappa shape index (κ3) is 2.06. The Balaban J connectivity index is 2.05. The Kier molecular flexibility index (Phi) is 3.19. The van der Waals surface area contributed by atoms with Crippen molar-refractivity contribution >= 4 is 5.91 Å². The summed E-state index contributed by atoms with van der Waals surface area (Å²) in [4.78, 5) is 13.9. The van der Waals surface area contributed by atoms with E-state index in [-0.39, 0.29) is 18.6 Å². The van der Waals surface area contributed by atoms with Crippen molar-refractivity contribution in [1.29, 1.82) is 0 Å². The van der Waals surface area contributed by atoms with Crippen molar-refractivity contribution in [3.8, 4) is 0 Å². The van der Waals surface area contributed by atoms with Gasteiger partial charge in [0, 0.05) is 13.1 Å². The van der Waals surface area contributed by atoms with E-state index in [0.717, 1.165) is 25.9 Å². The zero-order chi connectivity index (χ0) is 11.5. The Morgan fingerprint density at radius 3 is 2.81 bits per heavy atom. The predicted octanol–water partition coefficient (Wildman–Crippen LogP) is -0.0462. The molecule has 0 aliphatic carbocycles. The van der Waals surface area contributed by atoms with Gasteiger partial charge in [0.15, 0.2) is 0 Å². The zero-order valence-corrected chi connectivity index (χ0v) is 9.33. The topological polar surface area (TPSA) is 71.2 Å². The van der Waals surface area contributed by atoms with Gasteiger partial charge in [-0.25, -0.2) is 4.68 Å². The smallest absolute Gasteiger partial charge is 0.247 e. The molecule has 1 fully saturated rings. The highest BCUT2D eigenvalue weighted by atomic mass is 16.3. The van der Waals surface area contributed by atoms with Crippen LogP contribution in [0.15, 0.2) is 6.20 Å². The number of carbonyl (C=O) groups is 1. The van der Waals surface area contributed by atoms with E-state index in [1.54, 1.807) is 13.1 Å². The van der Waals surface area contributed by atoms with E-state index in [9.17, 15) is 4.79 Å². The van der Waals surface area contributed by atoms with Gasteiger partial charge >= 0.3 is 0 Å². The highest BCUT2D eigenvalue weighted by Crippen LogP contribution is 2.14. The number of aliphatic hydroxyl groups is 1. The standard InChI is InChI=1S/C10H16N4O2/c1-8(10(16)13-4-2-3-5-13)14-6-9(7-15)11-12-14/h6,8,15H,2-5,7H2,1H3. The summed E-state index contributed by atoms with van der Waals surface area (Å²) < 4.78 is 1.51. The molecule has 0 radical (unpaired) electrons. The van der Waals surface area contributed by atoms with Crippen LogP contribution in [0.5, 0.6) is 0 Å². The van der Waals surface area contributed by atoms with Crippen LogP contribution >= 0.6 is 0 Å². The summed E-state index contributed by atoms with van der Waals surface area (Å²) in [5.74, 6) is 0.0758. The molecule has 1 unspecified atom stereocenters. The summed E-state index contributed by atoms with van der Waals surface area (Å²) in [6, 6.07) is -0.342. The molecule has 0 aromatic carbocycles. The van der Waals surface area contributed by atoms with Gasteiger partial charge < -0.3 is 10.0 Å². The number of rotatable bonds is 3. The number of likely N-dealkylation sites (tertiary alicyclic amines) is 1. The Hall–Kier alpha value is -1.43. The summed E-state index contributed by atoms with van der Waals surface area (Å²) >= 11 is 0. The Bertz CT molecular complexity index is 371. The minimum atomic E-state index is -0.342. The first-order chi connectivity index (χ1) is 7.72. The second-order valence-electron chi connectivity index (χ2n) is 4.06. The third-order valence-electron chi connectivity index (χ3n) is 2.89. The molecule has 1 atom stereocenters. The van der Waals surface area contributed by atoms with Crippen molar-refractivity contribution in [3.05, 3.63) is 11.9 Å². The average molecular weight is 224 g/mol. The Morgan fingerprint density at radius 2 is 2.25 bits per heavy atom. The van der Waals surface area contributed by atoms with E-state index in [4.69, 9.17) is 5.11 Å². The molecule has 1 aliphatic rings. The molecular weight excluding hydrogens is 208 g/mol. The first-order valence-electron chi connectivity index (χ1n) is 5.52. The molecule has 1 aromatic heterocycles. The molecule has 0 saturated carbocycles. The Labute approximate surface area is 93.9 Å². The first kappa shape index (κ1) is 11.1.